The van der Waals surface area contributed by atoms with Crippen LogP contribution in [0.15, 0.2) is 18.2 Å². The molecule has 0 heterocycles. The van der Waals surface area contributed by atoms with Crippen LogP contribution in [0.25, 0.3) is 0 Å². The Balaban J connectivity index is 2.77. The lowest BCUT2D eigenvalue weighted by Gasteiger charge is -2.27. The normalized spacial score (nSPS) is 13.5. The molecule has 0 aliphatic rings. The van der Waals surface area contributed by atoms with Crippen molar-refractivity contribution < 1.29 is 14.6 Å². The number of ether oxygens (including phenoxy) is 1. The summed E-state index contributed by atoms with van der Waals surface area (Å²) in [7, 11) is 1.53. The number of amides is 2. The fourth-order valence-corrected chi connectivity index (χ4v) is 1.56. The van der Waals surface area contributed by atoms with Crippen molar-refractivity contribution in [2.45, 2.75) is 25.8 Å². The summed E-state index contributed by atoms with van der Waals surface area (Å²) in [4.78, 5) is 11.9. The molecule has 0 radical (unpaired) electrons. The number of aliphatic hydroxyl groups is 1. The first-order chi connectivity index (χ1) is 8.94. The zero-order chi connectivity index (χ0) is 14.5. The predicted octanol–water partition coefficient (Wildman–Crippen LogP) is 2.63. The van der Waals surface area contributed by atoms with Crippen LogP contribution in [-0.4, -0.2) is 30.4 Å². The van der Waals surface area contributed by atoms with Gasteiger partial charge in [-0.1, -0.05) is 18.5 Å². The molecule has 0 aromatic heterocycles. The molecule has 0 fully saturated rings. The van der Waals surface area contributed by atoms with Gasteiger partial charge < -0.3 is 20.5 Å². The van der Waals surface area contributed by atoms with Gasteiger partial charge in [0.25, 0.3) is 0 Å². The molecule has 0 aliphatic carbocycles. The van der Waals surface area contributed by atoms with Gasteiger partial charge in [0.15, 0.2) is 0 Å². The topological polar surface area (TPSA) is 70.6 Å². The first kappa shape index (κ1) is 15.6. The van der Waals surface area contributed by atoms with Crippen LogP contribution < -0.4 is 15.4 Å². The maximum absolute atomic E-state index is 11.9. The van der Waals surface area contributed by atoms with Crippen molar-refractivity contribution in [2.24, 2.45) is 0 Å². The molecule has 1 aromatic rings. The molecular formula is C13H19ClN2O3. The lowest BCUT2D eigenvalue weighted by Crippen LogP contribution is -2.50. The number of benzene rings is 1. The van der Waals surface area contributed by atoms with E-state index in [2.05, 4.69) is 10.6 Å². The number of aliphatic hydroxyl groups excluding tert-OH is 1. The van der Waals surface area contributed by atoms with E-state index < -0.39 is 11.6 Å². The molecule has 0 saturated carbocycles. The number of nitrogens with one attached hydrogen (secondary N) is 2. The number of carbonyl (C=O) groups is 1. The van der Waals surface area contributed by atoms with E-state index >= 15 is 0 Å². The highest BCUT2D eigenvalue weighted by molar-refractivity contribution is 6.33. The van der Waals surface area contributed by atoms with Gasteiger partial charge in [-0.25, -0.2) is 4.79 Å². The van der Waals surface area contributed by atoms with Crippen LogP contribution in [-0.2, 0) is 0 Å². The average Bonchev–Trinajstić information content (AvgIpc) is 2.41. The quantitative estimate of drug-likeness (QED) is 0.779. The Labute approximate surface area is 117 Å². The number of rotatable bonds is 5. The maximum Gasteiger partial charge on any atom is 0.319 e. The Morgan fingerprint density at radius 3 is 2.74 bits per heavy atom. The van der Waals surface area contributed by atoms with Crippen LogP contribution >= 0.6 is 11.6 Å². The fraction of sp³-hybridized carbons (Fsp3) is 0.462. The van der Waals surface area contributed by atoms with Crippen LogP contribution in [0.1, 0.15) is 20.3 Å². The molecule has 0 aliphatic heterocycles. The monoisotopic (exact) mass is 286 g/mol. The highest BCUT2D eigenvalue weighted by Crippen LogP contribution is 2.26. The minimum atomic E-state index is -0.657. The van der Waals surface area contributed by atoms with Gasteiger partial charge in [-0.3, -0.25) is 0 Å². The third-order valence-corrected chi connectivity index (χ3v) is 3.30. The summed E-state index contributed by atoms with van der Waals surface area (Å²) >= 11 is 5.99. The SMILES string of the molecule is CCC(C)(CO)NC(=O)Nc1cc(OC)ccc1Cl. The summed E-state index contributed by atoms with van der Waals surface area (Å²) in [5.74, 6) is 0.597. The molecule has 3 N–H and O–H groups in total. The van der Waals surface area contributed by atoms with E-state index in [1.807, 2.05) is 6.92 Å². The van der Waals surface area contributed by atoms with E-state index in [-0.39, 0.29) is 6.61 Å². The molecule has 106 valence electrons. The highest BCUT2D eigenvalue weighted by Gasteiger charge is 2.23. The number of carbonyl (C=O) groups excluding carboxylic acids is 1. The zero-order valence-electron chi connectivity index (χ0n) is 11.3. The van der Waals surface area contributed by atoms with Crippen LogP contribution in [0, 0.1) is 0 Å². The van der Waals surface area contributed by atoms with E-state index in [1.165, 1.54) is 7.11 Å². The minimum Gasteiger partial charge on any atom is -0.497 e. The highest BCUT2D eigenvalue weighted by atomic mass is 35.5. The van der Waals surface area contributed by atoms with Crippen molar-refractivity contribution in [3.8, 4) is 5.75 Å². The summed E-state index contributed by atoms with van der Waals surface area (Å²) in [6.45, 7) is 3.51. The number of anilines is 1. The van der Waals surface area contributed by atoms with E-state index in [1.54, 1.807) is 25.1 Å². The smallest absolute Gasteiger partial charge is 0.319 e. The van der Waals surface area contributed by atoms with Crippen molar-refractivity contribution >= 4 is 23.3 Å². The molecule has 19 heavy (non-hydrogen) atoms. The van der Waals surface area contributed by atoms with Gasteiger partial charge >= 0.3 is 6.03 Å². The standard InChI is InChI=1S/C13H19ClN2O3/c1-4-13(2,8-17)16-12(18)15-11-7-9(19-3)5-6-10(11)14/h5-7,17H,4,8H2,1-3H3,(H2,15,16,18). The summed E-state index contributed by atoms with van der Waals surface area (Å²) < 4.78 is 5.06. The van der Waals surface area contributed by atoms with Crippen LogP contribution in [0.2, 0.25) is 5.02 Å². The molecule has 1 rings (SSSR count). The van der Waals surface area contributed by atoms with Gasteiger partial charge in [-0.15, -0.1) is 0 Å². The lowest BCUT2D eigenvalue weighted by atomic mass is 10.0. The van der Waals surface area contributed by atoms with Gasteiger partial charge in [0, 0.05) is 6.07 Å². The summed E-state index contributed by atoms with van der Waals surface area (Å²) in [5.41, 5.74) is -0.204. The van der Waals surface area contributed by atoms with Gasteiger partial charge in [0.1, 0.15) is 5.75 Å². The number of urea groups is 1. The van der Waals surface area contributed by atoms with Gasteiger partial charge in [-0.2, -0.15) is 0 Å². The van der Waals surface area contributed by atoms with Crippen molar-refractivity contribution in [1.29, 1.82) is 0 Å². The second-order valence-electron chi connectivity index (χ2n) is 4.50. The molecule has 1 unspecified atom stereocenters. The van der Waals surface area contributed by atoms with Gasteiger partial charge in [0.05, 0.1) is 30.0 Å². The third-order valence-electron chi connectivity index (χ3n) is 2.97. The van der Waals surface area contributed by atoms with Crippen LogP contribution in [0.3, 0.4) is 0 Å². The lowest BCUT2D eigenvalue weighted by molar-refractivity contribution is 0.172. The van der Waals surface area contributed by atoms with E-state index in [9.17, 15) is 9.90 Å². The Kier molecular flexibility index (Phi) is 5.44. The summed E-state index contributed by atoms with van der Waals surface area (Å²) in [5, 5.41) is 15.0. The maximum atomic E-state index is 11.9. The van der Waals surface area contributed by atoms with Crippen molar-refractivity contribution in [3.63, 3.8) is 0 Å². The van der Waals surface area contributed by atoms with E-state index in [4.69, 9.17) is 16.3 Å². The Morgan fingerprint density at radius 2 is 2.21 bits per heavy atom. The molecule has 0 spiro atoms. The summed E-state index contributed by atoms with van der Waals surface area (Å²) in [6.07, 6.45) is 0.614. The molecule has 2 amide bonds. The second-order valence-corrected chi connectivity index (χ2v) is 4.90. The number of hydrogen-bond acceptors (Lipinski definition) is 3. The molecule has 1 atom stereocenters. The van der Waals surface area contributed by atoms with E-state index in [0.29, 0.717) is 22.9 Å². The van der Waals surface area contributed by atoms with Gasteiger partial charge in [0.2, 0.25) is 0 Å². The van der Waals surface area contributed by atoms with Crippen LogP contribution in [0.4, 0.5) is 10.5 Å². The first-order valence-corrected chi connectivity index (χ1v) is 6.35. The summed E-state index contributed by atoms with van der Waals surface area (Å²) in [6, 6.07) is 4.55. The molecule has 1 aromatic carbocycles. The van der Waals surface area contributed by atoms with E-state index in [0.717, 1.165) is 0 Å². The number of hydrogen-bond donors (Lipinski definition) is 3. The molecule has 6 heteroatoms. The predicted molar refractivity (Wildman–Crippen MR) is 75.9 cm³/mol. The zero-order valence-corrected chi connectivity index (χ0v) is 12.0. The molecule has 5 nitrogen and oxygen atoms in total. The number of methoxy groups -OCH3 is 1. The molecular weight excluding hydrogens is 268 g/mol. The van der Waals surface area contributed by atoms with Crippen molar-refractivity contribution in [1.82, 2.24) is 5.32 Å². The first-order valence-electron chi connectivity index (χ1n) is 5.97. The van der Waals surface area contributed by atoms with Crippen LogP contribution in [0.5, 0.6) is 5.75 Å². The Morgan fingerprint density at radius 1 is 1.53 bits per heavy atom. The third kappa shape index (κ3) is 4.29. The fourth-order valence-electron chi connectivity index (χ4n) is 1.39. The van der Waals surface area contributed by atoms with Crippen molar-refractivity contribution in [3.05, 3.63) is 23.2 Å². The number of halogens is 1. The average molecular weight is 287 g/mol. The molecule has 0 bridgehead atoms. The molecule has 0 saturated heterocycles. The van der Waals surface area contributed by atoms with Gasteiger partial charge in [-0.05, 0) is 25.5 Å². The Bertz CT molecular complexity index is 448. The Hall–Kier alpha value is -1.46. The minimum absolute atomic E-state index is 0.136. The largest absolute Gasteiger partial charge is 0.497 e. The second kappa shape index (κ2) is 6.63. The van der Waals surface area contributed by atoms with Crippen molar-refractivity contribution in [2.75, 3.05) is 19.0 Å².